The predicted octanol–water partition coefficient (Wildman–Crippen LogP) is 5.74. The zero-order valence-electron chi connectivity index (χ0n) is 19.6. The maximum Gasteiger partial charge on any atom is 0.322 e. The van der Waals surface area contributed by atoms with Crippen LogP contribution in [0.2, 0.25) is 0 Å². The number of nitrogens with zero attached hydrogens (tertiary/aromatic N) is 3. The van der Waals surface area contributed by atoms with Crippen molar-refractivity contribution < 1.29 is 14.1 Å². The first-order valence-electron chi connectivity index (χ1n) is 11.4. The van der Waals surface area contributed by atoms with Crippen LogP contribution < -0.4 is 10.1 Å². The SMILES string of the molecule is CCCCN1C(=O)NC(c2ccc(OCC)cc2)C(c2nc(-c3ccc(C)cc3)no2)=C1C. The van der Waals surface area contributed by atoms with E-state index in [-0.39, 0.29) is 6.03 Å². The Morgan fingerprint density at radius 1 is 1.06 bits per heavy atom. The first-order chi connectivity index (χ1) is 16.0. The zero-order chi connectivity index (χ0) is 23.4. The third-order valence-electron chi connectivity index (χ3n) is 5.82. The smallest absolute Gasteiger partial charge is 0.322 e. The Kier molecular flexibility index (Phi) is 6.77. The van der Waals surface area contributed by atoms with Crippen LogP contribution in [0.1, 0.15) is 56.7 Å². The topological polar surface area (TPSA) is 80.5 Å². The van der Waals surface area contributed by atoms with Crippen LogP contribution in [-0.2, 0) is 0 Å². The standard InChI is InChI=1S/C26H30N4O3/c1-5-7-16-30-18(4)22(25-28-24(29-33-25)20-10-8-17(3)9-11-20)23(27-26(30)31)19-12-14-21(15-13-19)32-6-2/h8-15,23H,5-7,16H2,1-4H3,(H,27,31). The number of rotatable bonds is 8. The predicted molar refractivity (Wildman–Crippen MR) is 128 cm³/mol. The Labute approximate surface area is 194 Å². The highest BCUT2D eigenvalue weighted by Crippen LogP contribution is 2.37. The Morgan fingerprint density at radius 3 is 2.45 bits per heavy atom. The van der Waals surface area contributed by atoms with Gasteiger partial charge in [-0.2, -0.15) is 4.98 Å². The second-order valence-corrected chi connectivity index (χ2v) is 8.18. The molecular weight excluding hydrogens is 416 g/mol. The lowest BCUT2D eigenvalue weighted by Gasteiger charge is -2.35. The molecule has 172 valence electrons. The number of allylic oxidation sites excluding steroid dienone is 1. The Bertz CT molecular complexity index is 1130. The van der Waals surface area contributed by atoms with Crippen molar-refractivity contribution in [2.75, 3.05) is 13.2 Å². The molecule has 0 aliphatic carbocycles. The molecule has 0 bridgehead atoms. The molecule has 2 heterocycles. The number of hydrogen-bond acceptors (Lipinski definition) is 5. The molecule has 0 saturated heterocycles. The molecule has 1 aromatic heterocycles. The van der Waals surface area contributed by atoms with Gasteiger partial charge in [0.05, 0.1) is 18.2 Å². The van der Waals surface area contributed by atoms with E-state index in [2.05, 4.69) is 17.4 Å². The van der Waals surface area contributed by atoms with Crippen molar-refractivity contribution in [1.82, 2.24) is 20.4 Å². The first kappa shape index (κ1) is 22.6. The molecule has 1 aliphatic rings. The summed E-state index contributed by atoms with van der Waals surface area (Å²) in [5, 5.41) is 7.37. The number of nitrogens with one attached hydrogen (secondary N) is 1. The van der Waals surface area contributed by atoms with E-state index in [1.807, 2.05) is 69.3 Å². The Balaban J connectivity index is 1.75. The van der Waals surface area contributed by atoms with Gasteiger partial charge in [0.15, 0.2) is 0 Å². The summed E-state index contributed by atoms with van der Waals surface area (Å²) in [6.07, 6.45) is 1.90. The number of ether oxygens (including phenoxy) is 1. The van der Waals surface area contributed by atoms with Gasteiger partial charge in [-0.15, -0.1) is 0 Å². The molecule has 0 saturated carbocycles. The quantitative estimate of drug-likeness (QED) is 0.477. The van der Waals surface area contributed by atoms with Crippen LogP contribution in [0.25, 0.3) is 17.0 Å². The van der Waals surface area contributed by atoms with Gasteiger partial charge >= 0.3 is 6.03 Å². The third kappa shape index (κ3) is 4.77. The van der Waals surface area contributed by atoms with E-state index in [9.17, 15) is 4.79 Å². The van der Waals surface area contributed by atoms with E-state index in [1.165, 1.54) is 0 Å². The average Bonchev–Trinajstić information content (AvgIpc) is 3.29. The number of amides is 2. The monoisotopic (exact) mass is 446 g/mol. The molecule has 4 rings (SSSR count). The van der Waals surface area contributed by atoms with E-state index < -0.39 is 6.04 Å². The van der Waals surface area contributed by atoms with E-state index in [4.69, 9.17) is 14.2 Å². The fourth-order valence-corrected chi connectivity index (χ4v) is 3.97. The minimum Gasteiger partial charge on any atom is -0.494 e. The van der Waals surface area contributed by atoms with Crippen LogP contribution in [0, 0.1) is 6.92 Å². The fraction of sp³-hybridized carbons (Fsp3) is 0.346. The average molecular weight is 447 g/mol. The van der Waals surface area contributed by atoms with Gasteiger partial charge in [-0.3, -0.25) is 4.90 Å². The summed E-state index contributed by atoms with van der Waals surface area (Å²) in [6.45, 7) is 9.27. The van der Waals surface area contributed by atoms with Gasteiger partial charge in [0.25, 0.3) is 5.89 Å². The van der Waals surface area contributed by atoms with Crippen molar-refractivity contribution in [2.24, 2.45) is 0 Å². The highest BCUT2D eigenvalue weighted by atomic mass is 16.5. The van der Waals surface area contributed by atoms with Crippen LogP contribution in [-0.4, -0.2) is 34.2 Å². The molecular formula is C26H30N4O3. The minimum atomic E-state index is -0.405. The van der Waals surface area contributed by atoms with Crippen molar-refractivity contribution in [3.63, 3.8) is 0 Å². The largest absolute Gasteiger partial charge is 0.494 e. The van der Waals surface area contributed by atoms with Gasteiger partial charge in [0.1, 0.15) is 5.75 Å². The Morgan fingerprint density at radius 2 is 1.79 bits per heavy atom. The molecule has 0 fully saturated rings. The van der Waals surface area contributed by atoms with Gasteiger partial charge in [-0.05, 0) is 44.9 Å². The minimum absolute atomic E-state index is 0.123. The number of urea groups is 1. The van der Waals surface area contributed by atoms with Crippen molar-refractivity contribution in [3.8, 4) is 17.1 Å². The summed E-state index contributed by atoms with van der Waals surface area (Å²) >= 11 is 0. The first-order valence-corrected chi connectivity index (χ1v) is 11.4. The molecule has 1 N–H and O–H groups in total. The van der Waals surface area contributed by atoms with Gasteiger partial charge in [-0.1, -0.05) is 60.5 Å². The molecule has 3 aromatic rings. The fourth-order valence-electron chi connectivity index (χ4n) is 3.97. The summed E-state index contributed by atoms with van der Waals surface area (Å²) in [6, 6.07) is 15.2. The second-order valence-electron chi connectivity index (χ2n) is 8.18. The normalized spacial score (nSPS) is 16.2. The van der Waals surface area contributed by atoms with Gasteiger partial charge < -0.3 is 14.6 Å². The molecule has 0 spiro atoms. The number of carbonyl (C=O) groups is 1. The summed E-state index contributed by atoms with van der Waals surface area (Å²) in [5.41, 5.74) is 4.60. The molecule has 0 radical (unpaired) electrons. The lowest BCUT2D eigenvalue weighted by molar-refractivity contribution is 0.204. The highest BCUT2D eigenvalue weighted by Gasteiger charge is 2.35. The number of aromatic nitrogens is 2. The molecule has 1 aliphatic heterocycles. The summed E-state index contributed by atoms with van der Waals surface area (Å²) < 4.78 is 11.3. The number of benzene rings is 2. The number of aryl methyl sites for hydroxylation is 1. The second kappa shape index (κ2) is 9.90. The molecule has 1 unspecified atom stereocenters. The maximum absolute atomic E-state index is 13.0. The van der Waals surface area contributed by atoms with Crippen LogP contribution >= 0.6 is 0 Å². The van der Waals surface area contributed by atoms with E-state index in [1.54, 1.807) is 4.90 Å². The summed E-state index contributed by atoms with van der Waals surface area (Å²) in [5.74, 6) is 1.71. The molecule has 1 atom stereocenters. The third-order valence-corrected chi connectivity index (χ3v) is 5.82. The number of hydrogen-bond donors (Lipinski definition) is 1. The lowest BCUT2D eigenvalue weighted by Crippen LogP contribution is -2.46. The Hall–Kier alpha value is -3.61. The van der Waals surface area contributed by atoms with Crippen LogP contribution in [0.15, 0.2) is 58.8 Å². The molecule has 2 amide bonds. The van der Waals surface area contributed by atoms with Gasteiger partial charge in [0.2, 0.25) is 5.82 Å². The van der Waals surface area contributed by atoms with Gasteiger partial charge in [-0.25, -0.2) is 4.79 Å². The number of carbonyl (C=O) groups excluding carboxylic acids is 1. The maximum atomic E-state index is 13.0. The van der Waals surface area contributed by atoms with Crippen LogP contribution in [0.5, 0.6) is 5.75 Å². The van der Waals surface area contributed by atoms with Crippen molar-refractivity contribution >= 4 is 11.6 Å². The van der Waals surface area contributed by atoms with E-state index >= 15 is 0 Å². The molecule has 7 nitrogen and oxygen atoms in total. The molecule has 2 aromatic carbocycles. The molecule has 33 heavy (non-hydrogen) atoms. The van der Waals surface area contributed by atoms with Crippen LogP contribution in [0.3, 0.4) is 0 Å². The van der Waals surface area contributed by atoms with Crippen LogP contribution in [0.4, 0.5) is 4.79 Å². The van der Waals surface area contributed by atoms with E-state index in [0.717, 1.165) is 46.6 Å². The summed E-state index contributed by atoms with van der Waals surface area (Å²) in [7, 11) is 0. The lowest BCUT2D eigenvalue weighted by atomic mass is 9.94. The van der Waals surface area contributed by atoms with Crippen molar-refractivity contribution in [3.05, 3.63) is 71.2 Å². The zero-order valence-corrected chi connectivity index (χ0v) is 19.6. The molecule has 7 heteroatoms. The van der Waals surface area contributed by atoms with Gasteiger partial charge in [0, 0.05) is 17.8 Å². The number of unbranched alkanes of at least 4 members (excludes halogenated alkanes) is 1. The van der Waals surface area contributed by atoms with Crippen molar-refractivity contribution in [2.45, 2.75) is 46.6 Å². The summed E-state index contributed by atoms with van der Waals surface area (Å²) in [4.78, 5) is 19.5. The van der Waals surface area contributed by atoms with E-state index in [0.29, 0.717) is 24.9 Å². The van der Waals surface area contributed by atoms with Crippen molar-refractivity contribution in [1.29, 1.82) is 0 Å². The highest BCUT2D eigenvalue weighted by molar-refractivity contribution is 5.86.